The van der Waals surface area contributed by atoms with Crippen LogP contribution in [0.5, 0.6) is 5.75 Å². The molecule has 0 bridgehead atoms. The number of aryl methyl sites for hydroxylation is 1. The third kappa shape index (κ3) is 3.49. The van der Waals surface area contributed by atoms with Crippen LogP contribution < -0.4 is 21.3 Å². The molecule has 6 nitrogen and oxygen atoms in total. The van der Waals surface area contributed by atoms with E-state index in [4.69, 9.17) is 10.6 Å². The summed E-state index contributed by atoms with van der Waals surface area (Å²) in [5, 5.41) is 2.82. The minimum absolute atomic E-state index is 0.242. The highest BCUT2D eigenvalue weighted by atomic mass is 16.5. The van der Waals surface area contributed by atoms with Gasteiger partial charge >= 0.3 is 0 Å². The SMILES string of the molecule is CCc1cc(C(=O)Nc2ccccc2OC)cc(NN)n1. The van der Waals surface area contributed by atoms with Crippen molar-refractivity contribution >= 4 is 17.4 Å². The Bertz CT molecular complexity index is 621. The highest BCUT2D eigenvalue weighted by Crippen LogP contribution is 2.24. The number of aromatic nitrogens is 1. The summed E-state index contributed by atoms with van der Waals surface area (Å²) in [6.07, 6.45) is 0.713. The van der Waals surface area contributed by atoms with Crippen molar-refractivity contribution in [1.82, 2.24) is 4.98 Å². The molecule has 0 saturated carbocycles. The molecule has 0 aliphatic heterocycles. The van der Waals surface area contributed by atoms with Gasteiger partial charge in [-0.25, -0.2) is 10.8 Å². The Balaban J connectivity index is 2.28. The van der Waals surface area contributed by atoms with Crippen molar-refractivity contribution in [2.24, 2.45) is 5.84 Å². The van der Waals surface area contributed by atoms with E-state index >= 15 is 0 Å². The van der Waals surface area contributed by atoms with Crippen LogP contribution in [0.2, 0.25) is 0 Å². The number of nitrogens with two attached hydrogens (primary N) is 1. The number of hydrogen-bond donors (Lipinski definition) is 3. The summed E-state index contributed by atoms with van der Waals surface area (Å²) >= 11 is 0. The summed E-state index contributed by atoms with van der Waals surface area (Å²) in [7, 11) is 1.56. The molecule has 6 heteroatoms. The topological polar surface area (TPSA) is 89.3 Å². The van der Waals surface area contributed by atoms with E-state index in [9.17, 15) is 4.79 Å². The molecule has 1 aromatic heterocycles. The zero-order chi connectivity index (χ0) is 15.2. The fourth-order valence-electron chi connectivity index (χ4n) is 1.92. The maximum Gasteiger partial charge on any atom is 0.255 e. The van der Waals surface area contributed by atoms with Crippen LogP contribution >= 0.6 is 0 Å². The molecule has 0 saturated heterocycles. The minimum atomic E-state index is -0.242. The van der Waals surface area contributed by atoms with Crippen molar-refractivity contribution in [1.29, 1.82) is 0 Å². The number of rotatable bonds is 5. The molecule has 2 aromatic rings. The lowest BCUT2D eigenvalue weighted by Gasteiger charge is -2.11. The number of anilines is 2. The van der Waals surface area contributed by atoms with Gasteiger partial charge in [-0.2, -0.15) is 0 Å². The molecule has 21 heavy (non-hydrogen) atoms. The largest absolute Gasteiger partial charge is 0.495 e. The fourth-order valence-corrected chi connectivity index (χ4v) is 1.92. The summed E-state index contributed by atoms with van der Waals surface area (Å²) < 4.78 is 5.21. The van der Waals surface area contributed by atoms with Crippen molar-refractivity contribution in [3.8, 4) is 5.75 Å². The monoisotopic (exact) mass is 286 g/mol. The van der Waals surface area contributed by atoms with Crippen molar-refractivity contribution in [2.75, 3.05) is 17.9 Å². The standard InChI is InChI=1S/C15H18N4O2/c1-3-11-8-10(9-14(17-11)19-16)15(20)18-12-6-4-5-7-13(12)21-2/h4-9H,3,16H2,1-2H3,(H,17,19)(H,18,20). The Labute approximate surface area is 123 Å². The Morgan fingerprint density at radius 3 is 2.76 bits per heavy atom. The Kier molecular flexibility index (Phi) is 4.73. The number of nitrogens with zero attached hydrogens (tertiary/aromatic N) is 1. The number of amides is 1. The first kappa shape index (κ1) is 14.8. The van der Waals surface area contributed by atoms with Gasteiger partial charge in [-0.3, -0.25) is 4.79 Å². The first-order valence-electron chi connectivity index (χ1n) is 6.60. The number of carbonyl (C=O) groups excluding carboxylic acids is 1. The van der Waals surface area contributed by atoms with Gasteiger partial charge in [-0.1, -0.05) is 19.1 Å². The third-order valence-electron chi connectivity index (χ3n) is 3.01. The molecule has 1 heterocycles. The molecule has 1 aromatic carbocycles. The number of ether oxygens (including phenoxy) is 1. The van der Waals surface area contributed by atoms with Gasteiger partial charge in [0.05, 0.1) is 12.8 Å². The average molecular weight is 286 g/mol. The highest BCUT2D eigenvalue weighted by Gasteiger charge is 2.11. The smallest absolute Gasteiger partial charge is 0.255 e. The predicted molar refractivity (Wildman–Crippen MR) is 82.4 cm³/mol. The van der Waals surface area contributed by atoms with Crippen LogP contribution in [0.4, 0.5) is 11.5 Å². The van der Waals surface area contributed by atoms with Gasteiger partial charge in [0.25, 0.3) is 5.91 Å². The number of hydrazine groups is 1. The van der Waals surface area contributed by atoms with Crippen LogP contribution in [0.25, 0.3) is 0 Å². The van der Waals surface area contributed by atoms with Crippen molar-refractivity contribution in [2.45, 2.75) is 13.3 Å². The molecule has 1 amide bonds. The lowest BCUT2D eigenvalue weighted by Crippen LogP contribution is -2.16. The Morgan fingerprint density at radius 2 is 2.10 bits per heavy atom. The van der Waals surface area contributed by atoms with Crippen LogP contribution in [0.3, 0.4) is 0 Å². The van der Waals surface area contributed by atoms with Gasteiger partial charge < -0.3 is 15.5 Å². The molecule has 4 N–H and O–H groups in total. The molecule has 0 unspecified atom stereocenters. The quantitative estimate of drug-likeness (QED) is 0.579. The summed E-state index contributed by atoms with van der Waals surface area (Å²) in [5.74, 6) is 6.20. The summed E-state index contributed by atoms with van der Waals surface area (Å²) in [5.41, 5.74) is 4.36. The van der Waals surface area contributed by atoms with Crippen LogP contribution in [0, 0.1) is 0 Å². The van der Waals surface area contributed by atoms with Gasteiger partial charge in [0, 0.05) is 11.3 Å². The number of nitrogen functional groups attached to an aromatic ring is 1. The molecule has 0 fully saturated rings. The van der Waals surface area contributed by atoms with Crippen molar-refractivity contribution in [3.63, 3.8) is 0 Å². The molecule has 0 aliphatic carbocycles. The van der Waals surface area contributed by atoms with Gasteiger partial charge in [-0.05, 0) is 30.7 Å². The van der Waals surface area contributed by atoms with E-state index in [2.05, 4.69) is 15.7 Å². The molecular formula is C15H18N4O2. The molecule has 0 spiro atoms. The zero-order valence-electron chi connectivity index (χ0n) is 12.0. The van der Waals surface area contributed by atoms with E-state index in [1.54, 1.807) is 31.4 Å². The summed E-state index contributed by atoms with van der Waals surface area (Å²) in [6.45, 7) is 1.96. The maximum absolute atomic E-state index is 12.4. The summed E-state index contributed by atoms with van der Waals surface area (Å²) in [4.78, 5) is 16.6. The number of nitrogens with one attached hydrogen (secondary N) is 2. The number of benzene rings is 1. The first-order valence-corrected chi connectivity index (χ1v) is 6.60. The number of para-hydroxylation sites is 2. The lowest BCUT2D eigenvalue weighted by atomic mass is 10.1. The third-order valence-corrected chi connectivity index (χ3v) is 3.01. The van der Waals surface area contributed by atoms with E-state index in [1.807, 2.05) is 19.1 Å². The van der Waals surface area contributed by atoms with Crippen LogP contribution in [0.1, 0.15) is 23.0 Å². The summed E-state index contributed by atoms with van der Waals surface area (Å²) in [6, 6.07) is 10.6. The second kappa shape index (κ2) is 6.71. The van der Waals surface area contributed by atoms with Gasteiger partial charge in [-0.15, -0.1) is 0 Å². The van der Waals surface area contributed by atoms with Crippen LogP contribution in [0.15, 0.2) is 36.4 Å². The minimum Gasteiger partial charge on any atom is -0.495 e. The van der Waals surface area contributed by atoms with E-state index in [0.717, 1.165) is 5.69 Å². The second-order valence-electron chi connectivity index (χ2n) is 4.38. The lowest BCUT2D eigenvalue weighted by molar-refractivity contribution is 0.102. The van der Waals surface area contributed by atoms with Gasteiger partial charge in [0.15, 0.2) is 0 Å². The first-order chi connectivity index (χ1) is 10.2. The number of pyridine rings is 1. The van der Waals surface area contributed by atoms with Crippen molar-refractivity contribution < 1.29 is 9.53 Å². The predicted octanol–water partition coefficient (Wildman–Crippen LogP) is 2.19. The number of hydrogen-bond acceptors (Lipinski definition) is 5. The molecule has 0 aliphatic rings. The Morgan fingerprint density at radius 1 is 1.33 bits per heavy atom. The average Bonchev–Trinajstić information content (AvgIpc) is 2.54. The fraction of sp³-hybridized carbons (Fsp3) is 0.200. The van der Waals surface area contributed by atoms with Gasteiger partial charge in [0.1, 0.15) is 11.6 Å². The molecule has 0 atom stereocenters. The molecule has 0 radical (unpaired) electrons. The Hall–Kier alpha value is -2.60. The van der Waals surface area contributed by atoms with Crippen molar-refractivity contribution in [3.05, 3.63) is 47.7 Å². The van der Waals surface area contributed by atoms with E-state index in [1.165, 1.54) is 0 Å². The zero-order valence-corrected chi connectivity index (χ0v) is 12.0. The van der Waals surface area contributed by atoms with Crippen LogP contribution in [-0.4, -0.2) is 18.0 Å². The molecule has 2 rings (SSSR count). The van der Waals surface area contributed by atoms with Gasteiger partial charge in [0.2, 0.25) is 0 Å². The highest BCUT2D eigenvalue weighted by molar-refractivity contribution is 6.05. The van der Waals surface area contributed by atoms with Crippen LogP contribution in [-0.2, 0) is 6.42 Å². The van der Waals surface area contributed by atoms with E-state index < -0.39 is 0 Å². The van der Waals surface area contributed by atoms with E-state index in [-0.39, 0.29) is 5.91 Å². The number of methoxy groups -OCH3 is 1. The normalized spacial score (nSPS) is 10.0. The number of carbonyl (C=O) groups is 1. The van der Waals surface area contributed by atoms with E-state index in [0.29, 0.717) is 29.2 Å². The second-order valence-corrected chi connectivity index (χ2v) is 4.38. The maximum atomic E-state index is 12.4. The molecular weight excluding hydrogens is 268 g/mol. The molecule has 110 valence electrons.